The molecule has 0 radical (unpaired) electrons. The van der Waals surface area contributed by atoms with Crippen LogP contribution < -0.4 is 0 Å². The van der Waals surface area contributed by atoms with E-state index >= 15 is 0 Å². The normalized spacial score (nSPS) is 15.9. The van der Waals surface area contributed by atoms with Crippen molar-refractivity contribution in [3.63, 3.8) is 0 Å². The van der Waals surface area contributed by atoms with Crippen LogP contribution in [0.2, 0.25) is 0 Å². The number of aromatic nitrogens is 5. The van der Waals surface area contributed by atoms with Gasteiger partial charge in [-0.25, -0.2) is 0 Å². The SMILES string of the molecule is CCn1c(SC(C)c2nc(-c3cccs3)no2)nnc1C1CC1. The van der Waals surface area contributed by atoms with Crippen LogP contribution in [0.15, 0.2) is 27.2 Å². The summed E-state index contributed by atoms with van der Waals surface area (Å²) in [6.07, 6.45) is 2.46. The molecular weight excluding hydrogens is 330 g/mol. The molecule has 1 atom stereocenters. The maximum absolute atomic E-state index is 5.43. The summed E-state index contributed by atoms with van der Waals surface area (Å²) in [6, 6.07) is 3.98. The third-order valence-corrected chi connectivity index (χ3v) is 5.75. The van der Waals surface area contributed by atoms with E-state index in [0.717, 1.165) is 22.4 Å². The van der Waals surface area contributed by atoms with Crippen LogP contribution in [0.25, 0.3) is 10.7 Å². The molecule has 6 nitrogen and oxygen atoms in total. The van der Waals surface area contributed by atoms with Crippen LogP contribution in [0, 0.1) is 0 Å². The van der Waals surface area contributed by atoms with Crippen LogP contribution in [0.3, 0.4) is 0 Å². The molecule has 0 saturated heterocycles. The Labute approximate surface area is 142 Å². The van der Waals surface area contributed by atoms with Gasteiger partial charge in [0.1, 0.15) is 5.82 Å². The van der Waals surface area contributed by atoms with Crippen molar-refractivity contribution >= 4 is 23.1 Å². The maximum Gasteiger partial charge on any atom is 0.240 e. The van der Waals surface area contributed by atoms with E-state index < -0.39 is 0 Å². The fourth-order valence-electron chi connectivity index (χ4n) is 2.44. The molecule has 4 rings (SSSR count). The molecule has 3 aromatic rings. The first kappa shape index (κ1) is 14.9. The predicted molar refractivity (Wildman–Crippen MR) is 89.6 cm³/mol. The van der Waals surface area contributed by atoms with E-state index in [4.69, 9.17) is 4.52 Å². The average Bonchev–Trinajstić information content (AvgIpc) is 3.00. The first-order valence-corrected chi connectivity index (χ1v) is 9.49. The number of thiophene rings is 1. The summed E-state index contributed by atoms with van der Waals surface area (Å²) in [4.78, 5) is 5.53. The van der Waals surface area contributed by atoms with E-state index in [1.165, 1.54) is 12.8 Å². The molecule has 0 spiro atoms. The van der Waals surface area contributed by atoms with Gasteiger partial charge in [-0.2, -0.15) is 4.98 Å². The average molecular weight is 347 g/mol. The number of nitrogens with zero attached hydrogens (tertiary/aromatic N) is 5. The van der Waals surface area contributed by atoms with Crippen LogP contribution in [0.1, 0.15) is 49.6 Å². The highest BCUT2D eigenvalue weighted by atomic mass is 32.2. The Bertz CT molecular complexity index is 791. The molecule has 1 aliphatic rings. The van der Waals surface area contributed by atoms with Gasteiger partial charge in [0.05, 0.1) is 10.1 Å². The Morgan fingerprint density at radius 3 is 3.00 bits per heavy atom. The molecule has 1 saturated carbocycles. The third kappa shape index (κ3) is 2.92. The van der Waals surface area contributed by atoms with Crippen LogP contribution in [0.4, 0.5) is 0 Å². The molecule has 0 aliphatic heterocycles. The second-order valence-corrected chi connectivity index (χ2v) is 7.81. The molecule has 0 amide bonds. The molecule has 0 aromatic carbocycles. The van der Waals surface area contributed by atoms with Gasteiger partial charge in [0.2, 0.25) is 11.7 Å². The molecule has 1 unspecified atom stereocenters. The molecule has 1 fully saturated rings. The summed E-state index contributed by atoms with van der Waals surface area (Å²) in [5.41, 5.74) is 0. The fraction of sp³-hybridized carbons (Fsp3) is 0.467. The maximum atomic E-state index is 5.43. The van der Waals surface area contributed by atoms with Gasteiger partial charge in [-0.05, 0) is 38.1 Å². The van der Waals surface area contributed by atoms with Crippen molar-refractivity contribution < 1.29 is 4.52 Å². The standard InChI is InChI=1S/C15H17N5OS2/c1-3-20-13(10-6-7-10)17-18-15(20)23-9(2)14-16-12(19-21-14)11-5-4-8-22-11/h4-5,8-10H,3,6-7H2,1-2H3. The van der Waals surface area contributed by atoms with Crippen molar-refractivity contribution in [1.82, 2.24) is 24.9 Å². The molecule has 3 aromatic heterocycles. The Morgan fingerprint density at radius 1 is 1.43 bits per heavy atom. The molecule has 1 aliphatic carbocycles. The van der Waals surface area contributed by atoms with Crippen molar-refractivity contribution in [1.29, 1.82) is 0 Å². The Hall–Kier alpha value is -1.67. The number of rotatable bonds is 6. The van der Waals surface area contributed by atoms with Gasteiger partial charge in [0.15, 0.2) is 5.16 Å². The summed E-state index contributed by atoms with van der Waals surface area (Å²) in [7, 11) is 0. The Morgan fingerprint density at radius 2 is 2.30 bits per heavy atom. The first-order valence-electron chi connectivity index (χ1n) is 7.73. The summed E-state index contributed by atoms with van der Waals surface area (Å²) in [6.45, 7) is 5.07. The van der Waals surface area contributed by atoms with E-state index in [0.29, 0.717) is 17.6 Å². The van der Waals surface area contributed by atoms with Crippen molar-refractivity contribution in [3.05, 3.63) is 29.2 Å². The Balaban J connectivity index is 1.53. The lowest BCUT2D eigenvalue weighted by Gasteiger charge is -2.08. The minimum absolute atomic E-state index is 0.0396. The first-order chi connectivity index (χ1) is 11.3. The lowest BCUT2D eigenvalue weighted by Crippen LogP contribution is -2.02. The fourth-order valence-corrected chi connectivity index (χ4v) is 4.04. The lowest BCUT2D eigenvalue weighted by molar-refractivity contribution is 0.380. The highest BCUT2D eigenvalue weighted by Crippen LogP contribution is 2.41. The van der Waals surface area contributed by atoms with Crippen LogP contribution in [-0.4, -0.2) is 24.9 Å². The highest BCUT2D eigenvalue weighted by Gasteiger charge is 2.30. The number of thioether (sulfide) groups is 1. The zero-order valence-corrected chi connectivity index (χ0v) is 14.6. The van der Waals surface area contributed by atoms with Crippen molar-refractivity contribution in [2.24, 2.45) is 0 Å². The van der Waals surface area contributed by atoms with Crippen LogP contribution in [0.5, 0.6) is 0 Å². The van der Waals surface area contributed by atoms with Gasteiger partial charge >= 0.3 is 0 Å². The minimum atomic E-state index is 0.0396. The van der Waals surface area contributed by atoms with Crippen molar-refractivity contribution in [3.8, 4) is 10.7 Å². The van der Waals surface area contributed by atoms with Crippen molar-refractivity contribution in [2.45, 2.75) is 49.6 Å². The van der Waals surface area contributed by atoms with E-state index in [1.54, 1.807) is 23.1 Å². The predicted octanol–water partition coefficient (Wildman–Crippen LogP) is 4.14. The smallest absolute Gasteiger partial charge is 0.240 e. The number of hydrogen-bond donors (Lipinski definition) is 0. The topological polar surface area (TPSA) is 69.6 Å². The highest BCUT2D eigenvalue weighted by molar-refractivity contribution is 7.99. The summed E-state index contributed by atoms with van der Waals surface area (Å²) >= 11 is 3.23. The Kier molecular flexibility index (Phi) is 3.94. The zero-order valence-electron chi connectivity index (χ0n) is 13.0. The zero-order chi connectivity index (χ0) is 15.8. The van der Waals surface area contributed by atoms with Gasteiger partial charge in [0.25, 0.3) is 0 Å². The second-order valence-electron chi connectivity index (χ2n) is 5.55. The van der Waals surface area contributed by atoms with Crippen molar-refractivity contribution in [2.75, 3.05) is 0 Å². The molecular formula is C15H17N5OS2. The summed E-state index contributed by atoms with van der Waals surface area (Å²) in [5.74, 6) is 2.99. The van der Waals surface area contributed by atoms with Gasteiger partial charge < -0.3 is 9.09 Å². The summed E-state index contributed by atoms with van der Waals surface area (Å²) < 4.78 is 7.63. The minimum Gasteiger partial charge on any atom is -0.338 e. The molecule has 0 bridgehead atoms. The van der Waals surface area contributed by atoms with Gasteiger partial charge in [-0.15, -0.1) is 21.5 Å². The monoisotopic (exact) mass is 347 g/mol. The molecule has 120 valence electrons. The largest absolute Gasteiger partial charge is 0.338 e. The van der Waals surface area contributed by atoms with Gasteiger partial charge in [-0.1, -0.05) is 23.0 Å². The number of hydrogen-bond acceptors (Lipinski definition) is 7. The van der Waals surface area contributed by atoms with E-state index in [9.17, 15) is 0 Å². The van der Waals surface area contributed by atoms with E-state index in [2.05, 4.69) is 38.8 Å². The molecule has 3 heterocycles. The van der Waals surface area contributed by atoms with E-state index in [1.807, 2.05) is 17.5 Å². The van der Waals surface area contributed by atoms with Gasteiger partial charge in [-0.3, -0.25) is 0 Å². The van der Waals surface area contributed by atoms with E-state index in [-0.39, 0.29) is 5.25 Å². The van der Waals surface area contributed by atoms with Crippen LogP contribution in [-0.2, 0) is 6.54 Å². The molecule has 8 heteroatoms. The van der Waals surface area contributed by atoms with Crippen LogP contribution >= 0.6 is 23.1 Å². The molecule has 0 N–H and O–H groups in total. The van der Waals surface area contributed by atoms with Gasteiger partial charge in [0, 0.05) is 12.5 Å². The summed E-state index contributed by atoms with van der Waals surface area (Å²) in [5, 5.41) is 15.8. The third-order valence-electron chi connectivity index (χ3n) is 3.82. The molecule has 23 heavy (non-hydrogen) atoms. The second kappa shape index (κ2) is 6.09. The lowest BCUT2D eigenvalue weighted by atomic mass is 10.4. The quantitative estimate of drug-likeness (QED) is 0.624.